The molecular weight excluding hydrogens is 193 g/mol. The Balaban J connectivity index is 2.66. The summed E-state index contributed by atoms with van der Waals surface area (Å²) < 4.78 is 18.4. The van der Waals surface area contributed by atoms with Gasteiger partial charge in [0.1, 0.15) is 11.6 Å². The number of hydrogen-bond acceptors (Lipinski definition) is 2. The number of anilines is 1. The molecule has 0 aliphatic rings. The maximum atomic E-state index is 13.3. The molecule has 3 heteroatoms. The maximum absolute atomic E-state index is 13.3. The quantitative estimate of drug-likeness (QED) is 0.807. The maximum Gasteiger partial charge on any atom is 0.146 e. The Hall–Kier alpha value is -1.25. The van der Waals surface area contributed by atoms with Crippen molar-refractivity contribution in [2.24, 2.45) is 5.92 Å². The van der Waals surface area contributed by atoms with E-state index >= 15 is 0 Å². The average Bonchev–Trinajstić information content (AvgIpc) is 2.27. The van der Waals surface area contributed by atoms with Gasteiger partial charge in [-0.1, -0.05) is 20.3 Å². The van der Waals surface area contributed by atoms with E-state index in [9.17, 15) is 4.39 Å². The minimum Gasteiger partial charge on any atom is -0.497 e. The van der Waals surface area contributed by atoms with Gasteiger partial charge >= 0.3 is 0 Å². The topological polar surface area (TPSA) is 21.3 Å². The fourth-order valence-corrected chi connectivity index (χ4v) is 1.20. The summed E-state index contributed by atoms with van der Waals surface area (Å²) in [6.45, 7) is 5.03. The minimum absolute atomic E-state index is 0.237. The normalized spacial score (nSPS) is 12.3. The summed E-state index contributed by atoms with van der Waals surface area (Å²) in [7, 11) is 1.58. The molecule has 1 atom stereocenters. The van der Waals surface area contributed by atoms with Gasteiger partial charge in [0.25, 0.3) is 0 Å². The van der Waals surface area contributed by atoms with E-state index in [1.165, 1.54) is 6.07 Å². The highest BCUT2D eigenvalue weighted by atomic mass is 19.1. The van der Waals surface area contributed by atoms with Gasteiger partial charge in [0.15, 0.2) is 0 Å². The van der Waals surface area contributed by atoms with Crippen molar-refractivity contribution in [2.75, 3.05) is 19.0 Å². The second kappa shape index (κ2) is 5.59. The number of rotatable bonds is 5. The Morgan fingerprint density at radius 2 is 2.20 bits per heavy atom. The number of hydrogen-bond donors (Lipinski definition) is 1. The van der Waals surface area contributed by atoms with Crippen LogP contribution in [0.1, 0.15) is 20.3 Å². The van der Waals surface area contributed by atoms with E-state index in [0.717, 1.165) is 13.0 Å². The van der Waals surface area contributed by atoms with Crippen molar-refractivity contribution < 1.29 is 9.13 Å². The van der Waals surface area contributed by atoms with Gasteiger partial charge in [0, 0.05) is 12.6 Å². The zero-order chi connectivity index (χ0) is 11.3. The zero-order valence-electron chi connectivity index (χ0n) is 9.51. The van der Waals surface area contributed by atoms with Crippen LogP contribution >= 0.6 is 0 Å². The van der Waals surface area contributed by atoms with Gasteiger partial charge in [-0.15, -0.1) is 0 Å². The zero-order valence-corrected chi connectivity index (χ0v) is 9.51. The van der Waals surface area contributed by atoms with Crippen molar-refractivity contribution in [3.8, 4) is 5.75 Å². The van der Waals surface area contributed by atoms with Gasteiger partial charge in [0.05, 0.1) is 12.8 Å². The third kappa shape index (κ3) is 3.42. The number of benzene rings is 1. The summed E-state index contributed by atoms with van der Waals surface area (Å²) in [6, 6.07) is 4.71. The molecule has 1 aromatic carbocycles. The molecular formula is C12H18FNO. The van der Waals surface area contributed by atoms with Crippen LogP contribution in [0, 0.1) is 11.7 Å². The molecule has 84 valence electrons. The van der Waals surface area contributed by atoms with E-state index in [1.54, 1.807) is 19.2 Å². The van der Waals surface area contributed by atoms with E-state index in [1.807, 2.05) is 0 Å². The van der Waals surface area contributed by atoms with Crippen LogP contribution in [-0.2, 0) is 0 Å². The van der Waals surface area contributed by atoms with Crippen LogP contribution in [0.5, 0.6) is 5.75 Å². The van der Waals surface area contributed by atoms with Gasteiger partial charge in [-0.25, -0.2) is 4.39 Å². The lowest BCUT2D eigenvalue weighted by atomic mass is 10.1. The predicted molar refractivity (Wildman–Crippen MR) is 60.9 cm³/mol. The van der Waals surface area contributed by atoms with Gasteiger partial charge in [-0.2, -0.15) is 0 Å². The molecule has 0 unspecified atom stereocenters. The molecule has 0 saturated carbocycles. The summed E-state index contributed by atoms with van der Waals surface area (Å²) in [5.74, 6) is 0.970. The van der Waals surface area contributed by atoms with Gasteiger partial charge in [-0.05, 0) is 18.1 Å². The highest BCUT2D eigenvalue weighted by Crippen LogP contribution is 2.21. The molecule has 0 bridgehead atoms. The lowest BCUT2D eigenvalue weighted by Gasteiger charge is -2.12. The fraction of sp³-hybridized carbons (Fsp3) is 0.500. The molecule has 0 aliphatic carbocycles. The molecule has 1 N–H and O–H groups in total. The van der Waals surface area contributed by atoms with Crippen LogP contribution in [0.25, 0.3) is 0 Å². The smallest absolute Gasteiger partial charge is 0.146 e. The van der Waals surface area contributed by atoms with Crippen LogP contribution in [0.2, 0.25) is 0 Å². The fourth-order valence-electron chi connectivity index (χ4n) is 1.20. The summed E-state index contributed by atoms with van der Waals surface area (Å²) in [4.78, 5) is 0. The molecule has 0 aromatic heterocycles. The Morgan fingerprint density at radius 3 is 2.80 bits per heavy atom. The number of halogens is 1. The summed E-state index contributed by atoms with van der Waals surface area (Å²) in [6.07, 6.45) is 1.08. The first-order chi connectivity index (χ1) is 7.17. The molecule has 0 fully saturated rings. The van der Waals surface area contributed by atoms with Gasteiger partial charge < -0.3 is 10.1 Å². The number of nitrogens with one attached hydrogen (secondary N) is 1. The Labute approximate surface area is 90.4 Å². The molecule has 0 spiro atoms. The molecule has 0 heterocycles. The Morgan fingerprint density at radius 1 is 1.47 bits per heavy atom. The number of methoxy groups -OCH3 is 1. The van der Waals surface area contributed by atoms with Crippen molar-refractivity contribution in [3.05, 3.63) is 24.0 Å². The molecule has 1 rings (SSSR count). The van der Waals surface area contributed by atoms with Gasteiger partial charge in [0.2, 0.25) is 0 Å². The first-order valence-electron chi connectivity index (χ1n) is 5.24. The van der Waals surface area contributed by atoms with Crippen molar-refractivity contribution in [3.63, 3.8) is 0 Å². The van der Waals surface area contributed by atoms with Gasteiger partial charge in [-0.3, -0.25) is 0 Å². The van der Waals surface area contributed by atoms with Crippen molar-refractivity contribution in [1.82, 2.24) is 0 Å². The van der Waals surface area contributed by atoms with Crippen molar-refractivity contribution >= 4 is 5.69 Å². The summed E-state index contributed by atoms with van der Waals surface area (Å²) in [5.41, 5.74) is 0.509. The number of ether oxygens (including phenoxy) is 1. The Bertz CT molecular complexity index is 314. The largest absolute Gasteiger partial charge is 0.497 e. The lowest BCUT2D eigenvalue weighted by Crippen LogP contribution is -2.11. The first-order valence-corrected chi connectivity index (χ1v) is 5.24. The van der Waals surface area contributed by atoms with Crippen LogP contribution < -0.4 is 10.1 Å². The molecule has 0 radical (unpaired) electrons. The van der Waals surface area contributed by atoms with Crippen LogP contribution in [0.15, 0.2) is 18.2 Å². The highest BCUT2D eigenvalue weighted by molar-refractivity contribution is 5.49. The molecule has 0 amide bonds. The molecule has 15 heavy (non-hydrogen) atoms. The van der Waals surface area contributed by atoms with E-state index in [-0.39, 0.29) is 5.82 Å². The van der Waals surface area contributed by atoms with E-state index < -0.39 is 0 Å². The van der Waals surface area contributed by atoms with E-state index in [2.05, 4.69) is 19.2 Å². The van der Waals surface area contributed by atoms with E-state index in [4.69, 9.17) is 4.74 Å². The molecule has 0 saturated heterocycles. The monoisotopic (exact) mass is 211 g/mol. The van der Waals surface area contributed by atoms with Crippen molar-refractivity contribution in [2.45, 2.75) is 20.3 Å². The predicted octanol–water partition coefficient (Wildman–Crippen LogP) is 3.29. The third-order valence-corrected chi connectivity index (χ3v) is 2.51. The molecule has 0 aliphatic heterocycles. The molecule has 2 nitrogen and oxygen atoms in total. The van der Waals surface area contributed by atoms with Crippen LogP contribution in [0.4, 0.5) is 10.1 Å². The second-order valence-corrected chi connectivity index (χ2v) is 3.74. The molecule has 1 aromatic rings. The highest BCUT2D eigenvalue weighted by Gasteiger charge is 2.05. The minimum atomic E-state index is -0.237. The second-order valence-electron chi connectivity index (χ2n) is 3.74. The Kier molecular flexibility index (Phi) is 4.40. The average molecular weight is 211 g/mol. The third-order valence-electron chi connectivity index (χ3n) is 2.51. The van der Waals surface area contributed by atoms with E-state index in [0.29, 0.717) is 17.4 Å². The summed E-state index contributed by atoms with van der Waals surface area (Å²) >= 11 is 0. The van der Waals surface area contributed by atoms with Crippen molar-refractivity contribution in [1.29, 1.82) is 0 Å². The van der Waals surface area contributed by atoms with Crippen LogP contribution in [0.3, 0.4) is 0 Å². The standard InChI is InChI=1S/C12H18FNO/c1-4-9(2)8-14-12-7-10(15-3)5-6-11(12)13/h5-7,9,14H,4,8H2,1-3H3/t9-/m0/s1. The van der Waals surface area contributed by atoms with Crippen LogP contribution in [-0.4, -0.2) is 13.7 Å². The SMILES string of the molecule is CC[C@H](C)CNc1cc(OC)ccc1F. The lowest BCUT2D eigenvalue weighted by molar-refractivity contribution is 0.414. The first kappa shape index (κ1) is 11.8. The summed E-state index contributed by atoms with van der Waals surface area (Å²) in [5, 5.41) is 3.08.